The molecule has 0 aliphatic rings. The number of carboxylic acid groups (broad SMARTS) is 1. The summed E-state index contributed by atoms with van der Waals surface area (Å²) in [6.07, 6.45) is 0.381. The summed E-state index contributed by atoms with van der Waals surface area (Å²) >= 11 is 1.60. The highest BCUT2D eigenvalue weighted by Crippen LogP contribution is 2.29. The van der Waals surface area contributed by atoms with E-state index in [9.17, 15) is 4.79 Å². The van der Waals surface area contributed by atoms with Crippen molar-refractivity contribution in [1.82, 2.24) is 0 Å². The fraction of sp³-hybridized carbons (Fsp3) is 0.214. The van der Waals surface area contributed by atoms with Crippen LogP contribution in [0.1, 0.15) is 10.4 Å². The molecule has 1 aromatic heterocycles. The zero-order chi connectivity index (χ0) is 13.1. The quantitative estimate of drug-likeness (QED) is 0.889. The first-order valence-corrected chi connectivity index (χ1v) is 6.52. The summed E-state index contributed by atoms with van der Waals surface area (Å²) in [5.74, 6) is -0.958. The van der Waals surface area contributed by atoms with Gasteiger partial charge in [0.25, 0.3) is 0 Å². The lowest BCUT2D eigenvalue weighted by atomic mass is 10.1. The van der Waals surface area contributed by atoms with Crippen molar-refractivity contribution in [3.63, 3.8) is 0 Å². The molecule has 4 heteroatoms. The molecule has 0 amide bonds. The molecule has 1 heterocycles. The van der Waals surface area contributed by atoms with Crippen LogP contribution in [0.15, 0.2) is 36.4 Å². The Morgan fingerprint density at radius 2 is 2.17 bits per heavy atom. The van der Waals surface area contributed by atoms with Crippen LogP contribution in [0.2, 0.25) is 0 Å². The lowest BCUT2D eigenvalue weighted by molar-refractivity contribution is -0.138. The van der Waals surface area contributed by atoms with Crippen molar-refractivity contribution in [2.24, 2.45) is 5.73 Å². The Labute approximate surface area is 110 Å². The molecule has 2 aromatic rings. The highest BCUT2D eigenvalue weighted by Gasteiger charge is 2.13. The van der Waals surface area contributed by atoms with Gasteiger partial charge in [-0.1, -0.05) is 29.8 Å². The van der Waals surface area contributed by atoms with Crippen LogP contribution in [-0.4, -0.2) is 17.1 Å². The standard InChI is InChI=1S/C14H15NO2S/c1-9-3-2-4-10(7-9)13-6-5-11(18-13)8-12(15)14(16)17/h2-7,12H,8,15H2,1H3,(H,16,17). The monoisotopic (exact) mass is 261 g/mol. The maximum Gasteiger partial charge on any atom is 0.320 e. The fourth-order valence-electron chi connectivity index (χ4n) is 1.75. The van der Waals surface area contributed by atoms with Crippen molar-refractivity contribution in [3.05, 3.63) is 46.8 Å². The number of hydrogen-bond acceptors (Lipinski definition) is 3. The van der Waals surface area contributed by atoms with Crippen LogP contribution in [0.3, 0.4) is 0 Å². The van der Waals surface area contributed by atoms with Gasteiger partial charge in [0.2, 0.25) is 0 Å². The van der Waals surface area contributed by atoms with E-state index in [2.05, 4.69) is 25.1 Å². The molecular weight excluding hydrogens is 246 g/mol. The number of benzene rings is 1. The summed E-state index contributed by atoms with van der Waals surface area (Å²) in [6, 6.07) is 11.4. The molecule has 0 bridgehead atoms. The van der Waals surface area contributed by atoms with Crippen molar-refractivity contribution in [3.8, 4) is 10.4 Å². The average molecular weight is 261 g/mol. The zero-order valence-corrected chi connectivity index (χ0v) is 10.9. The van der Waals surface area contributed by atoms with Crippen LogP contribution in [0.4, 0.5) is 0 Å². The van der Waals surface area contributed by atoms with Crippen molar-refractivity contribution < 1.29 is 9.90 Å². The van der Waals surface area contributed by atoms with E-state index >= 15 is 0 Å². The molecule has 0 saturated heterocycles. The van der Waals surface area contributed by atoms with Crippen LogP contribution in [0, 0.1) is 6.92 Å². The summed E-state index contributed by atoms with van der Waals surface area (Å²) < 4.78 is 0. The van der Waals surface area contributed by atoms with E-state index in [1.54, 1.807) is 11.3 Å². The Morgan fingerprint density at radius 3 is 2.83 bits per heavy atom. The summed E-state index contributed by atoms with van der Waals surface area (Å²) in [7, 11) is 0. The molecular formula is C14H15NO2S. The molecule has 18 heavy (non-hydrogen) atoms. The number of rotatable bonds is 4. The minimum Gasteiger partial charge on any atom is -0.480 e. The first-order valence-electron chi connectivity index (χ1n) is 5.70. The first kappa shape index (κ1) is 12.8. The molecule has 3 N–H and O–H groups in total. The SMILES string of the molecule is Cc1cccc(-c2ccc(CC(N)C(=O)O)s2)c1. The van der Waals surface area contributed by atoms with Gasteiger partial charge in [-0.3, -0.25) is 4.79 Å². The number of thiophene rings is 1. The second-order valence-corrected chi connectivity index (χ2v) is 5.45. The molecule has 0 spiro atoms. The van der Waals surface area contributed by atoms with Gasteiger partial charge in [-0.25, -0.2) is 0 Å². The van der Waals surface area contributed by atoms with Crippen LogP contribution in [0.25, 0.3) is 10.4 Å². The summed E-state index contributed by atoms with van der Waals surface area (Å²) in [4.78, 5) is 12.9. The van der Waals surface area contributed by atoms with Gasteiger partial charge in [0, 0.05) is 16.2 Å². The largest absolute Gasteiger partial charge is 0.480 e. The van der Waals surface area contributed by atoms with Crippen molar-refractivity contribution in [1.29, 1.82) is 0 Å². The predicted molar refractivity (Wildman–Crippen MR) is 73.8 cm³/mol. The van der Waals surface area contributed by atoms with Crippen LogP contribution >= 0.6 is 11.3 Å². The lowest BCUT2D eigenvalue weighted by Crippen LogP contribution is -2.31. The normalized spacial score (nSPS) is 12.3. The summed E-state index contributed by atoms with van der Waals surface area (Å²) in [5.41, 5.74) is 7.90. The van der Waals surface area contributed by atoms with Gasteiger partial charge in [-0.2, -0.15) is 0 Å². The highest BCUT2D eigenvalue weighted by molar-refractivity contribution is 7.15. The van der Waals surface area contributed by atoms with E-state index in [-0.39, 0.29) is 0 Å². The molecule has 1 unspecified atom stereocenters. The fourth-order valence-corrected chi connectivity index (χ4v) is 2.81. The van der Waals surface area contributed by atoms with Crippen LogP contribution < -0.4 is 5.73 Å². The Hall–Kier alpha value is -1.65. The Morgan fingerprint density at radius 1 is 1.39 bits per heavy atom. The topological polar surface area (TPSA) is 63.3 Å². The lowest BCUT2D eigenvalue weighted by Gasteiger charge is -2.03. The Bertz CT molecular complexity index is 562. The van der Waals surface area contributed by atoms with Crippen molar-refractivity contribution in [2.45, 2.75) is 19.4 Å². The first-order chi connectivity index (χ1) is 8.56. The zero-order valence-electron chi connectivity index (χ0n) is 10.1. The van der Waals surface area contributed by atoms with Gasteiger partial charge in [0.05, 0.1) is 0 Å². The average Bonchev–Trinajstić information content (AvgIpc) is 2.77. The van der Waals surface area contributed by atoms with Gasteiger partial charge in [0.15, 0.2) is 0 Å². The van der Waals surface area contributed by atoms with E-state index in [0.29, 0.717) is 6.42 Å². The third-order valence-corrected chi connectivity index (χ3v) is 3.86. The van der Waals surface area contributed by atoms with Gasteiger partial charge in [-0.15, -0.1) is 11.3 Å². The third kappa shape index (κ3) is 2.97. The molecule has 0 radical (unpaired) electrons. The molecule has 0 aliphatic heterocycles. The second-order valence-electron chi connectivity index (χ2n) is 4.28. The smallest absolute Gasteiger partial charge is 0.320 e. The maximum atomic E-state index is 10.7. The second kappa shape index (κ2) is 5.33. The van der Waals surface area contributed by atoms with Crippen LogP contribution in [0.5, 0.6) is 0 Å². The maximum absolute atomic E-state index is 10.7. The van der Waals surface area contributed by atoms with E-state index < -0.39 is 12.0 Å². The van der Waals surface area contributed by atoms with E-state index in [0.717, 1.165) is 15.3 Å². The number of aliphatic carboxylic acids is 1. The molecule has 0 fully saturated rings. The number of hydrogen-bond donors (Lipinski definition) is 2. The van der Waals surface area contributed by atoms with Crippen LogP contribution in [-0.2, 0) is 11.2 Å². The molecule has 0 saturated carbocycles. The Balaban J connectivity index is 2.18. The Kier molecular flexibility index (Phi) is 3.79. The number of carbonyl (C=O) groups is 1. The van der Waals surface area contributed by atoms with Gasteiger partial charge in [-0.05, 0) is 24.6 Å². The van der Waals surface area contributed by atoms with E-state index in [1.807, 2.05) is 18.2 Å². The number of aryl methyl sites for hydroxylation is 1. The third-order valence-electron chi connectivity index (χ3n) is 2.70. The van der Waals surface area contributed by atoms with Crippen molar-refractivity contribution in [2.75, 3.05) is 0 Å². The number of carboxylic acids is 1. The van der Waals surface area contributed by atoms with Gasteiger partial charge < -0.3 is 10.8 Å². The minimum absolute atomic E-state index is 0.381. The molecule has 94 valence electrons. The highest BCUT2D eigenvalue weighted by atomic mass is 32.1. The number of nitrogens with two attached hydrogens (primary N) is 1. The molecule has 3 nitrogen and oxygen atoms in total. The van der Waals surface area contributed by atoms with Gasteiger partial charge >= 0.3 is 5.97 Å². The predicted octanol–water partition coefficient (Wildman–Crippen LogP) is 2.68. The van der Waals surface area contributed by atoms with E-state index in [4.69, 9.17) is 10.8 Å². The molecule has 2 rings (SSSR count). The van der Waals surface area contributed by atoms with E-state index in [1.165, 1.54) is 5.56 Å². The van der Waals surface area contributed by atoms with Crippen molar-refractivity contribution >= 4 is 17.3 Å². The van der Waals surface area contributed by atoms with Gasteiger partial charge in [0.1, 0.15) is 6.04 Å². The molecule has 1 aromatic carbocycles. The summed E-state index contributed by atoms with van der Waals surface area (Å²) in [6.45, 7) is 2.05. The summed E-state index contributed by atoms with van der Waals surface area (Å²) in [5, 5.41) is 8.78. The minimum atomic E-state index is -0.958. The molecule has 0 aliphatic carbocycles. The molecule has 1 atom stereocenters.